The van der Waals surface area contributed by atoms with E-state index in [-0.39, 0.29) is 6.61 Å². The molecule has 0 saturated heterocycles. The van der Waals surface area contributed by atoms with E-state index < -0.39 is 5.60 Å². The summed E-state index contributed by atoms with van der Waals surface area (Å²) in [6, 6.07) is 0. The Balaban J connectivity index is 3.71. The van der Waals surface area contributed by atoms with Crippen LogP contribution in [0.1, 0.15) is 65.2 Å². The van der Waals surface area contributed by atoms with Crippen LogP contribution in [0, 0.1) is 0 Å². The van der Waals surface area contributed by atoms with E-state index >= 15 is 0 Å². The Morgan fingerprint density at radius 2 is 1.57 bits per heavy atom. The van der Waals surface area contributed by atoms with Crippen LogP contribution in [0.3, 0.4) is 0 Å². The first-order valence-corrected chi connectivity index (χ1v) is 6.01. The lowest BCUT2D eigenvalue weighted by molar-refractivity contribution is -0.00251. The van der Waals surface area contributed by atoms with Crippen molar-refractivity contribution in [1.82, 2.24) is 0 Å². The van der Waals surface area contributed by atoms with Gasteiger partial charge in [-0.1, -0.05) is 46.0 Å². The molecule has 0 spiro atoms. The Morgan fingerprint density at radius 1 is 0.857 bits per heavy atom. The average molecular weight is 202 g/mol. The zero-order chi connectivity index (χ0) is 10.9. The molecule has 0 saturated carbocycles. The molecule has 86 valence electrons. The molecule has 0 aliphatic heterocycles. The number of hydrogen-bond donors (Lipinski definition) is 2. The molecule has 0 radical (unpaired) electrons. The van der Waals surface area contributed by atoms with Crippen LogP contribution in [-0.2, 0) is 0 Å². The second-order valence-electron chi connectivity index (χ2n) is 4.26. The van der Waals surface area contributed by atoms with E-state index in [0.29, 0.717) is 6.42 Å². The van der Waals surface area contributed by atoms with Crippen LogP contribution in [0.4, 0.5) is 0 Å². The average Bonchev–Trinajstić information content (AvgIpc) is 2.13. The minimum absolute atomic E-state index is 0.101. The number of rotatable bonds is 9. The van der Waals surface area contributed by atoms with Crippen LogP contribution in [0.15, 0.2) is 0 Å². The van der Waals surface area contributed by atoms with Gasteiger partial charge in [-0.15, -0.1) is 0 Å². The van der Waals surface area contributed by atoms with E-state index in [1.807, 2.05) is 0 Å². The van der Waals surface area contributed by atoms with Gasteiger partial charge in [-0.05, 0) is 19.3 Å². The predicted molar refractivity (Wildman–Crippen MR) is 60.3 cm³/mol. The van der Waals surface area contributed by atoms with Gasteiger partial charge in [0.05, 0.1) is 5.60 Å². The van der Waals surface area contributed by atoms with Crippen molar-refractivity contribution in [2.24, 2.45) is 0 Å². The lowest BCUT2D eigenvalue weighted by Crippen LogP contribution is -2.29. The Morgan fingerprint density at radius 3 is 2.07 bits per heavy atom. The summed E-state index contributed by atoms with van der Waals surface area (Å²) in [5.41, 5.74) is -0.600. The van der Waals surface area contributed by atoms with Gasteiger partial charge in [0.25, 0.3) is 0 Å². The van der Waals surface area contributed by atoms with E-state index in [2.05, 4.69) is 13.8 Å². The van der Waals surface area contributed by atoms with Crippen molar-refractivity contribution in [3.63, 3.8) is 0 Å². The second-order valence-corrected chi connectivity index (χ2v) is 4.26. The van der Waals surface area contributed by atoms with Crippen LogP contribution in [-0.4, -0.2) is 22.4 Å². The molecular weight excluding hydrogens is 176 g/mol. The molecule has 0 fully saturated rings. The van der Waals surface area contributed by atoms with E-state index in [1.165, 1.54) is 19.3 Å². The second kappa shape index (κ2) is 8.25. The molecule has 0 aliphatic rings. The maximum atomic E-state index is 10.2. The first-order chi connectivity index (χ1) is 6.68. The van der Waals surface area contributed by atoms with Gasteiger partial charge < -0.3 is 10.2 Å². The summed E-state index contributed by atoms with van der Waals surface area (Å²) in [7, 11) is 0. The largest absolute Gasteiger partial charge is 0.396 e. The van der Waals surface area contributed by atoms with Crippen molar-refractivity contribution in [3.05, 3.63) is 0 Å². The zero-order valence-corrected chi connectivity index (χ0v) is 9.76. The molecule has 0 aromatic heterocycles. The van der Waals surface area contributed by atoms with Crippen molar-refractivity contribution in [3.8, 4) is 0 Å². The molecule has 1 atom stereocenters. The predicted octanol–water partition coefficient (Wildman–Crippen LogP) is 2.87. The summed E-state index contributed by atoms with van der Waals surface area (Å²) >= 11 is 0. The van der Waals surface area contributed by atoms with E-state index in [9.17, 15) is 5.11 Å². The highest BCUT2D eigenvalue weighted by Crippen LogP contribution is 2.24. The van der Waals surface area contributed by atoms with Crippen LogP contribution in [0.25, 0.3) is 0 Å². The molecule has 1 unspecified atom stereocenters. The SMILES string of the molecule is CCCCCCC(O)(CCC)CCO. The minimum atomic E-state index is -0.600. The molecule has 2 nitrogen and oxygen atoms in total. The maximum Gasteiger partial charge on any atom is 0.0669 e. The normalized spacial score (nSPS) is 15.4. The molecular formula is C12H26O2. The maximum absolute atomic E-state index is 10.2. The third kappa shape index (κ3) is 6.39. The van der Waals surface area contributed by atoms with Gasteiger partial charge in [0.2, 0.25) is 0 Å². The highest BCUT2D eigenvalue weighted by molar-refractivity contribution is 4.77. The third-order valence-corrected chi connectivity index (χ3v) is 2.79. The van der Waals surface area contributed by atoms with Gasteiger partial charge in [-0.2, -0.15) is 0 Å². The van der Waals surface area contributed by atoms with Crippen molar-refractivity contribution >= 4 is 0 Å². The monoisotopic (exact) mass is 202 g/mol. The van der Waals surface area contributed by atoms with Crippen molar-refractivity contribution < 1.29 is 10.2 Å². The van der Waals surface area contributed by atoms with Gasteiger partial charge in [0.15, 0.2) is 0 Å². The first-order valence-electron chi connectivity index (χ1n) is 6.01. The Kier molecular flexibility index (Phi) is 8.20. The summed E-state index contributed by atoms with van der Waals surface area (Å²) in [4.78, 5) is 0. The van der Waals surface area contributed by atoms with Gasteiger partial charge in [0.1, 0.15) is 0 Å². The molecule has 0 aliphatic carbocycles. The number of unbranched alkanes of at least 4 members (excludes halogenated alkanes) is 3. The molecule has 0 amide bonds. The molecule has 0 aromatic carbocycles. The summed E-state index contributed by atoms with van der Waals surface area (Å²) in [6.45, 7) is 4.37. The third-order valence-electron chi connectivity index (χ3n) is 2.79. The smallest absolute Gasteiger partial charge is 0.0669 e. The number of aliphatic hydroxyl groups excluding tert-OH is 1. The first kappa shape index (κ1) is 13.9. The molecule has 0 aromatic rings. The Hall–Kier alpha value is -0.0800. The van der Waals surface area contributed by atoms with Crippen molar-refractivity contribution in [2.75, 3.05) is 6.61 Å². The van der Waals surface area contributed by atoms with Crippen LogP contribution in [0.5, 0.6) is 0 Å². The molecule has 2 heteroatoms. The molecule has 2 N–H and O–H groups in total. The van der Waals surface area contributed by atoms with Crippen LogP contribution < -0.4 is 0 Å². The lowest BCUT2D eigenvalue weighted by atomic mass is 9.88. The summed E-state index contributed by atoms with van der Waals surface area (Å²) in [5, 5.41) is 19.0. The zero-order valence-electron chi connectivity index (χ0n) is 9.76. The minimum Gasteiger partial charge on any atom is -0.396 e. The quantitative estimate of drug-likeness (QED) is 0.564. The van der Waals surface area contributed by atoms with Crippen molar-refractivity contribution in [1.29, 1.82) is 0 Å². The van der Waals surface area contributed by atoms with Crippen molar-refractivity contribution in [2.45, 2.75) is 70.8 Å². The molecule has 0 heterocycles. The Bertz CT molecular complexity index is 117. The highest BCUT2D eigenvalue weighted by Gasteiger charge is 2.24. The topological polar surface area (TPSA) is 40.5 Å². The molecule has 0 bridgehead atoms. The fourth-order valence-electron chi connectivity index (χ4n) is 1.93. The summed E-state index contributed by atoms with van der Waals surface area (Å²) < 4.78 is 0. The van der Waals surface area contributed by atoms with Crippen LogP contribution in [0.2, 0.25) is 0 Å². The Labute approximate surface area is 88.3 Å². The molecule has 14 heavy (non-hydrogen) atoms. The van der Waals surface area contributed by atoms with E-state index in [0.717, 1.165) is 25.7 Å². The van der Waals surface area contributed by atoms with E-state index in [4.69, 9.17) is 5.11 Å². The standard InChI is InChI=1S/C12H26O2/c1-3-5-6-7-9-12(14,8-4-2)10-11-13/h13-14H,3-11H2,1-2H3. The summed E-state index contributed by atoms with van der Waals surface area (Å²) in [5.74, 6) is 0. The number of aliphatic hydroxyl groups is 2. The van der Waals surface area contributed by atoms with Gasteiger partial charge >= 0.3 is 0 Å². The summed E-state index contributed by atoms with van der Waals surface area (Å²) in [6.07, 6.45) is 7.96. The van der Waals surface area contributed by atoms with Gasteiger partial charge in [-0.3, -0.25) is 0 Å². The van der Waals surface area contributed by atoms with E-state index in [1.54, 1.807) is 0 Å². The fourth-order valence-corrected chi connectivity index (χ4v) is 1.93. The number of hydrogen-bond acceptors (Lipinski definition) is 2. The molecule has 0 rings (SSSR count). The van der Waals surface area contributed by atoms with Gasteiger partial charge in [0, 0.05) is 6.61 Å². The highest BCUT2D eigenvalue weighted by atomic mass is 16.3. The van der Waals surface area contributed by atoms with Crippen LogP contribution >= 0.6 is 0 Å². The van der Waals surface area contributed by atoms with Gasteiger partial charge in [-0.25, -0.2) is 0 Å². The fraction of sp³-hybridized carbons (Fsp3) is 1.00. The lowest BCUT2D eigenvalue weighted by Gasteiger charge is -2.27.